The summed E-state index contributed by atoms with van der Waals surface area (Å²) >= 11 is 0. The topological polar surface area (TPSA) is 110 Å². The van der Waals surface area contributed by atoms with Crippen LogP contribution in [-0.2, 0) is 9.53 Å². The molecule has 0 amide bonds. The molecule has 6 nitrogen and oxygen atoms in total. The fourth-order valence-electron chi connectivity index (χ4n) is 2.27. The summed E-state index contributed by atoms with van der Waals surface area (Å²) in [6, 6.07) is 5.62. The highest BCUT2D eigenvalue weighted by Crippen LogP contribution is 2.25. The number of rotatable bonds is 9. The van der Waals surface area contributed by atoms with Crippen molar-refractivity contribution >= 4 is 5.97 Å². The SMILES string of the molecule is C/C=C/C(=O)OC(CC)CCN/C(CC(C)(C)C)=C(\C#N)C=C(C#N)C#N. The molecule has 144 valence electrons. The second kappa shape index (κ2) is 12.3. The zero-order chi connectivity index (χ0) is 20.9. The summed E-state index contributed by atoms with van der Waals surface area (Å²) in [5.41, 5.74) is 0.719. The third-order valence-electron chi connectivity index (χ3n) is 3.53. The monoisotopic (exact) mass is 368 g/mol. The highest BCUT2D eigenvalue weighted by atomic mass is 16.5. The van der Waals surface area contributed by atoms with E-state index in [-0.39, 0.29) is 28.6 Å². The normalized spacial score (nSPS) is 12.8. The molecule has 0 bridgehead atoms. The molecule has 0 heterocycles. The largest absolute Gasteiger partial charge is 0.459 e. The van der Waals surface area contributed by atoms with Crippen LogP contribution in [0, 0.1) is 39.4 Å². The third-order valence-corrected chi connectivity index (χ3v) is 3.53. The zero-order valence-corrected chi connectivity index (χ0v) is 16.8. The Kier molecular flexibility index (Phi) is 10.9. The molecule has 0 fully saturated rings. The first kappa shape index (κ1) is 24.0. The predicted molar refractivity (Wildman–Crippen MR) is 104 cm³/mol. The van der Waals surface area contributed by atoms with Crippen molar-refractivity contribution in [2.45, 2.75) is 60.0 Å². The predicted octanol–water partition coefficient (Wildman–Crippen LogP) is 4.05. The number of nitrogens with one attached hydrogen (secondary N) is 1. The highest BCUT2D eigenvalue weighted by molar-refractivity contribution is 5.81. The summed E-state index contributed by atoms with van der Waals surface area (Å²) < 4.78 is 5.36. The first-order chi connectivity index (χ1) is 12.7. The van der Waals surface area contributed by atoms with E-state index in [1.54, 1.807) is 25.1 Å². The molecule has 0 aromatic carbocycles. The number of ether oxygens (including phenoxy) is 1. The maximum absolute atomic E-state index is 11.6. The third kappa shape index (κ3) is 10.5. The lowest BCUT2D eigenvalue weighted by Crippen LogP contribution is -2.26. The Morgan fingerprint density at radius 3 is 2.26 bits per heavy atom. The van der Waals surface area contributed by atoms with E-state index < -0.39 is 0 Å². The zero-order valence-electron chi connectivity index (χ0n) is 16.8. The molecule has 0 saturated carbocycles. The minimum atomic E-state index is -0.372. The van der Waals surface area contributed by atoms with E-state index in [4.69, 9.17) is 15.3 Å². The molecule has 6 heteroatoms. The van der Waals surface area contributed by atoms with Gasteiger partial charge in [0.05, 0.1) is 5.57 Å². The van der Waals surface area contributed by atoms with Crippen molar-refractivity contribution in [3.63, 3.8) is 0 Å². The number of hydrogen-bond acceptors (Lipinski definition) is 6. The van der Waals surface area contributed by atoms with Gasteiger partial charge >= 0.3 is 5.97 Å². The summed E-state index contributed by atoms with van der Waals surface area (Å²) in [5, 5.41) is 30.6. The van der Waals surface area contributed by atoms with Crippen molar-refractivity contribution in [3.05, 3.63) is 35.1 Å². The van der Waals surface area contributed by atoms with Gasteiger partial charge in [-0.1, -0.05) is 33.8 Å². The number of nitriles is 3. The number of hydrogen-bond donors (Lipinski definition) is 1. The van der Waals surface area contributed by atoms with Crippen LogP contribution in [0.4, 0.5) is 0 Å². The van der Waals surface area contributed by atoms with E-state index in [9.17, 15) is 10.1 Å². The molecule has 0 aromatic rings. The maximum Gasteiger partial charge on any atom is 0.330 e. The van der Waals surface area contributed by atoms with E-state index in [0.717, 1.165) is 0 Å². The van der Waals surface area contributed by atoms with E-state index in [0.29, 0.717) is 31.5 Å². The van der Waals surface area contributed by atoms with Crippen molar-refractivity contribution in [2.24, 2.45) is 5.41 Å². The lowest BCUT2D eigenvalue weighted by Gasteiger charge is -2.23. The Balaban J connectivity index is 5.35. The lowest BCUT2D eigenvalue weighted by molar-refractivity contribution is -0.143. The van der Waals surface area contributed by atoms with Crippen LogP contribution in [0.5, 0.6) is 0 Å². The van der Waals surface area contributed by atoms with Crippen molar-refractivity contribution in [2.75, 3.05) is 6.54 Å². The van der Waals surface area contributed by atoms with Crippen LogP contribution in [0.3, 0.4) is 0 Å². The summed E-state index contributed by atoms with van der Waals surface area (Å²) in [5.74, 6) is -0.372. The minimum absolute atomic E-state index is 0.0970. The van der Waals surface area contributed by atoms with E-state index >= 15 is 0 Å². The Hall–Kier alpha value is -3.04. The number of allylic oxidation sites excluding steroid dienone is 5. The Labute approximate surface area is 162 Å². The molecule has 0 aliphatic heterocycles. The Bertz CT molecular complexity index is 703. The molecule has 1 unspecified atom stereocenters. The second-order valence-corrected chi connectivity index (χ2v) is 7.21. The van der Waals surface area contributed by atoms with Crippen molar-refractivity contribution in [1.82, 2.24) is 5.32 Å². The molecule has 1 atom stereocenters. The van der Waals surface area contributed by atoms with Crippen LogP contribution in [0.1, 0.15) is 53.9 Å². The molecule has 0 rings (SSSR count). The fraction of sp³-hybridized carbons (Fsp3) is 0.524. The average Bonchev–Trinajstić information content (AvgIpc) is 2.60. The van der Waals surface area contributed by atoms with Gasteiger partial charge in [0.1, 0.15) is 29.9 Å². The quantitative estimate of drug-likeness (QED) is 0.284. The Morgan fingerprint density at radius 2 is 1.81 bits per heavy atom. The van der Waals surface area contributed by atoms with Crippen LogP contribution in [0.2, 0.25) is 0 Å². The number of carbonyl (C=O) groups is 1. The minimum Gasteiger partial charge on any atom is -0.459 e. The number of esters is 1. The van der Waals surface area contributed by atoms with Crippen molar-refractivity contribution in [3.8, 4) is 18.2 Å². The molecule has 0 saturated heterocycles. The van der Waals surface area contributed by atoms with Crippen LogP contribution >= 0.6 is 0 Å². The van der Waals surface area contributed by atoms with Crippen LogP contribution in [0.25, 0.3) is 0 Å². The molecule has 0 spiro atoms. The molecule has 0 radical (unpaired) electrons. The number of nitrogens with zero attached hydrogens (tertiary/aromatic N) is 3. The summed E-state index contributed by atoms with van der Waals surface area (Å²) in [6.45, 7) is 10.3. The summed E-state index contributed by atoms with van der Waals surface area (Å²) in [4.78, 5) is 11.6. The van der Waals surface area contributed by atoms with Gasteiger partial charge in [0, 0.05) is 24.7 Å². The van der Waals surface area contributed by atoms with Gasteiger partial charge in [0.2, 0.25) is 0 Å². The second-order valence-electron chi connectivity index (χ2n) is 7.21. The van der Waals surface area contributed by atoms with Crippen molar-refractivity contribution in [1.29, 1.82) is 15.8 Å². The van der Waals surface area contributed by atoms with Crippen LogP contribution < -0.4 is 5.32 Å². The van der Waals surface area contributed by atoms with E-state index in [1.165, 1.54) is 12.2 Å². The maximum atomic E-state index is 11.6. The van der Waals surface area contributed by atoms with Gasteiger partial charge in [-0.05, 0) is 31.3 Å². The van der Waals surface area contributed by atoms with Gasteiger partial charge in [-0.15, -0.1) is 0 Å². The Morgan fingerprint density at radius 1 is 1.19 bits per heavy atom. The van der Waals surface area contributed by atoms with Gasteiger partial charge in [0.15, 0.2) is 0 Å². The first-order valence-corrected chi connectivity index (χ1v) is 8.93. The van der Waals surface area contributed by atoms with Gasteiger partial charge in [-0.3, -0.25) is 0 Å². The fourth-order valence-corrected chi connectivity index (χ4v) is 2.27. The average molecular weight is 368 g/mol. The highest BCUT2D eigenvalue weighted by Gasteiger charge is 2.17. The molecule has 0 aliphatic carbocycles. The van der Waals surface area contributed by atoms with E-state index in [2.05, 4.69) is 11.4 Å². The lowest BCUT2D eigenvalue weighted by atomic mass is 9.88. The molecular formula is C21H28N4O2. The smallest absolute Gasteiger partial charge is 0.330 e. The van der Waals surface area contributed by atoms with Gasteiger partial charge in [-0.2, -0.15) is 15.8 Å². The van der Waals surface area contributed by atoms with Crippen molar-refractivity contribution < 1.29 is 9.53 Å². The van der Waals surface area contributed by atoms with Crippen LogP contribution in [-0.4, -0.2) is 18.6 Å². The standard InChI is InChI=1S/C21H28N4O2/c1-6-8-20(26)27-18(7-2)9-10-25-19(12-21(3,4)5)17(15-24)11-16(13-22)14-23/h6,8,11,18,25H,7,9-10,12H2,1-5H3/b8-6+,19-17-. The molecular weight excluding hydrogens is 340 g/mol. The summed E-state index contributed by atoms with van der Waals surface area (Å²) in [6.07, 6.45) is 5.92. The van der Waals surface area contributed by atoms with Gasteiger partial charge in [-0.25, -0.2) is 4.79 Å². The van der Waals surface area contributed by atoms with Gasteiger partial charge in [0.25, 0.3) is 0 Å². The molecule has 1 N–H and O–H groups in total. The number of carbonyl (C=O) groups excluding carboxylic acids is 1. The van der Waals surface area contributed by atoms with Gasteiger partial charge < -0.3 is 10.1 Å². The van der Waals surface area contributed by atoms with Crippen LogP contribution in [0.15, 0.2) is 35.1 Å². The molecule has 0 aliphatic rings. The molecule has 0 aromatic heterocycles. The molecule has 27 heavy (non-hydrogen) atoms. The summed E-state index contributed by atoms with van der Waals surface area (Å²) in [7, 11) is 0. The first-order valence-electron chi connectivity index (χ1n) is 8.93. The van der Waals surface area contributed by atoms with E-state index in [1.807, 2.05) is 27.7 Å².